The van der Waals surface area contributed by atoms with E-state index in [1.807, 2.05) is 4.90 Å². The van der Waals surface area contributed by atoms with Crippen LogP contribution in [0.1, 0.15) is 18.4 Å². The van der Waals surface area contributed by atoms with Gasteiger partial charge in [0.1, 0.15) is 11.6 Å². The summed E-state index contributed by atoms with van der Waals surface area (Å²) >= 11 is 0. The largest absolute Gasteiger partial charge is 0.386 e. The molecule has 1 aromatic heterocycles. The van der Waals surface area contributed by atoms with Crippen molar-refractivity contribution in [1.29, 1.82) is 0 Å². The highest BCUT2D eigenvalue weighted by Gasteiger charge is 2.35. The quantitative estimate of drug-likeness (QED) is 0.880. The molecule has 7 heteroatoms. The fourth-order valence-electron chi connectivity index (χ4n) is 3.38. The molecule has 0 saturated carbocycles. The maximum atomic E-state index is 13.3. The lowest BCUT2D eigenvalue weighted by Crippen LogP contribution is -2.55. The second kappa shape index (κ2) is 7.78. The van der Waals surface area contributed by atoms with Gasteiger partial charge in [0, 0.05) is 32.5 Å². The first-order chi connectivity index (χ1) is 12.5. The summed E-state index contributed by atoms with van der Waals surface area (Å²) in [5.74, 6) is 0.212. The normalized spacial score (nSPS) is 20.0. The van der Waals surface area contributed by atoms with Crippen molar-refractivity contribution in [3.05, 3.63) is 54.2 Å². The number of rotatable bonds is 5. The van der Waals surface area contributed by atoms with Gasteiger partial charge in [-0.1, -0.05) is 12.1 Å². The molecule has 1 fully saturated rings. The van der Waals surface area contributed by atoms with E-state index in [0.29, 0.717) is 18.5 Å². The molecule has 0 spiro atoms. The number of β-amino-alcohol motifs (C(OH)–C–C–N with tert-alkyl or cyclic N) is 1. The fourth-order valence-corrected chi connectivity index (χ4v) is 3.38. The molecule has 1 saturated heterocycles. The molecule has 6 nitrogen and oxygen atoms in total. The number of carbonyl (C=O) groups is 1. The van der Waals surface area contributed by atoms with E-state index in [9.17, 15) is 14.3 Å². The molecule has 0 bridgehead atoms. The van der Waals surface area contributed by atoms with Crippen molar-refractivity contribution in [2.24, 2.45) is 0 Å². The van der Waals surface area contributed by atoms with Crippen LogP contribution in [0.15, 0.2) is 42.9 Å². The molecule has 0 aliphatic carbocycles. The Labute approximate surface area is 152 Å². The highest BCUT2D eigenvalue weighted by molar-refractivity contribution is 5.78. The number of carbonyl (C=O) groups excluding carboxylic acids is 1. The lowest BCUT2D eigenvalue weighted by molar-refractivity contribution is -0.132. The first-order valence-corrected chi connectivity index (χ1v) is 8.67. The van der Waals surface area contributed by atoms with E-state index < -0.39 is 5.60 Å². The summed E-state index contributed by atoms with van der Waals surface area (Å²) in [4.78, 5) is 24.3. The van der Waals surface area contributed by atoms with Crippen LogP contribution < -0.4 is 4.90 Å². The molecule has 1 aromatic carbocycles. The number of nitrogens with zero attached hydrogens (tertiary/aromatic N) is 4. The van der Waals surface area contributed by atoms with Crippen LogP contribution in [0.25, 0.3) is 0 Å². The molecule has 0 unspecified atom stereocenters. The number of piperidine rings is 1. The van der Waals surface area contributed by atoms with Crippen LogP contribution in [0, 0.1) is 5.82 Å². The van der Waals surface area contributed by atoms with E-state index in [1.54, 1.807) is 37.8 Å². The number of anilines is 1. The Morgan fingerprint density at radius 2 is 2.27 bits per heavy atom. The number of halogens is 1. The molecule has 138 valence electrons. The maximum Gasteiger partial charge on any atom is 0.226 e. The lowest BCUT2D eigenvalue weighted by Gasteiger charge is -2.41. The summed E-state index contributed by atoms with van der Waals surface area (Å²) in [6.07, 6.45) is 6.43. The van der Waals surface area contributed by atoms with E-state index in [2.05, 4.69) is 9.97 Å². The maximum absolute atomic E-state index is 13.3. The molecule has 2 heterocycles. The van der Waals surface area contributed by atoms with Gasteiger partial charge in [-0.25, -0.2) is 9.37 Å². The standard InChI is InChI=1S/C19H23FN4O2/c1-23(18(25)11-15-4-2-5-16(20)10-15)13-19(26)6-3-9-24(14-19)17-12-21-7-8-22-17/h2,4-5,7-8,10,12,26H,3,6,9,11,13-14H2,1H3/t19-/m0/s1. The van der Waals surface area contributed by atoms with Crippen molar-refractivity contribution >= 4 is 11.7 Å². The minimum atomic E-state index is -1.01. The van der Waals surface area contributed by atoms with Crippen LogP contribution in [-0.2, 0) is 11.2 Å². The highest BCUT2D eigenvalue weighted by Crippen LogP contribution is 2.25. The van der Waals surface area contributed by atoms with Gasteiger partial charge in [-0.3, -0.25) is 9.78 Å². The first kappa shape index (κ1) is 18.3. The summed E-state index contributed by atoms with van der Waals surface area (Å²) in [6, 6.07) is 6.02. The predicted molar refractivity (Wildman–Crippen MR) is 96.2 cm³/mol. The second-order valence-electron chi connectivity index (χ2n) is 6.87. The average molecular weight is 358 g/mol. The summed E-state index contributed by atoms with van der Waals surface area (Å²) in [5.41, 5.74) is -0.388. The number of benzene rings is 1. The van der Waals surface area contributed by atoms with Crippen molar-refractivity contribution in [1.82, 2.24) is 14.9 Å². The Hall–Kier alpha value is -2.54. The van der Waals surface area contributed by atoms with Crippen LogP contribution in [0.2, 0.25) is 0 Å². The first-order valence-electron chi connectivity index (χ1n) is 8.67. The Bertz CT molecular complexity index is 758. The lowest BCUT2D eigenvalue weighted by atomic mass is 9.92. The fraction of sp³-hybridized carbons (Fsp3) is 0.421. The van der Waals surface area contributed by atoms with Crippen LogP contribution >= 0.6 is 0 Å². The van der Waals surface area contributed by atoms with Gasteiger partial charge < -0.3 is 14.9 Å². The van der Waals surface area contributed by atoms with E-state index in [-0.39, 0.29) is 24.7 Å². The molecule has 0 radical (unpaired) electrons. The zero-order valence-corrected chi connectivity index (χ0v) is 14.8. The summed E-state index contributed by atoms with van der Waals surface area (Å²) in [5, 5.41) is 11.0. The zero-order chi connectivity index (χ0) is 18.6. The Morgan fingerprint density at radius 1 is 1.42 bits per heavy atom. The Morgan fingerprint density at radius 3 is 3.00 bits per heavy atom. The Kier molecular flexibility index (Phi) is 5.46. The Balaban J connectivity index is 1.61. The van der Waals surface area contributed by atoms with E-state index in [1.165, 1.54) is 17.0 Å². The SMILES string of the molecule is CN(C[C@@]1(O)CCCN(c2cnccn2)C1)C(=O)Cc1cccc(F)c1. The minimum Gasteiger partial charge on any atom is -0.386 e. The number of hydrogen-bond donors (Lipinski definition) is 1. The summed E-state index contributed by atoms with van der Waals surface area (Å²) in [6.45, 7) is 1.41. The van der Waals surface area contributed by atoms with Gasteiger partial charge in [-0.2, -0.15) is 0 Å². The van der Waals surface area contributed by atoms with E-state index in [0.717, 1.165) is 18.8 Å². The number of hydrogen-bond acceptors (Lipinski definition) is 5. The third kappa shape index (κ3) is 4.54. The van der Waals surface area contributed by atoms with Crippen LogP contribution in [0.3, 0.4) is 0 Å². The summed E-state index contributed by atoms with van der Waals surface area (Å²) < 4.78 is 13.3. The van der Waals surface area contributed by atoms with Crippen molar-refractivity contribution in [3.63, 3.8) is 0 Å². The van der Waals surface area contributed by atoms with Gasteiger partial charge in [0.05, 0.1) is 24.8 Å². The number of aromatic nitrogens is 2. The topological polar surface area (TPSA) is 69.6 Å². The predicted octanol–water partition coefficient (Wildman–Crippen LogP) is 1.65. The van der Waals surface area contributed by atoms with Gasteiger partial charge in [-0.15, -0.1) is 0 Å². The third-order valence-electron chi connectivity index (χ3n) is 4.63. The van der Waals surface area contributed by atoms with Crippen molar-refractivity contribution in [2.45, 2.75) is 24.9 Å². The van der Waals surface area contributed by atoms with Gasteiger partial charge in [-0.05, 0) is 30.5 Å². The molecule has 3 rings (SSSR count). The minimum absolute atomic E-state index is 0.109. The molecular formula is C19H23FN4O2. The van der Waals surface area contributed by atoms with Crippen molar-refractivity contribution in [3.8, 4) is 0 Å². The van der Waals surface area contributed by atoms with Gasteiger partial charge >= 0.3 is 0 Å². The summed E-state index contributed by atoms with van der Waals surface area (Å²) in [7, 11) is 1.67. The van der Waals surface area contributed by atoms with Gasteiger partial charge in [0.25, 0.3) is 0 Å². The number of aliphatic hydroxyl groups is 1. The van der Waals surface area contributed by atoms with E-state index in [4.69, 9.17) is 0 Å². The zero-order valence-electron chi connectivity index (χ0n) is 14.8. The monoisotopic (exact) mass is 358 g/mol. The molecular weight excluding hydrogens is 335 g/mol. The van der Waals surface area contributed by atoms with Gasteiger partial charge in [0.2, 0.25) is 5.91 Å². The van der Waals surface area contributed by atoms with Crippen LogP contribution in [-0.4, -0.2) is 58.2 Å². The van der Waals surface area contributed by atoms with Crippen LogP contribution in [0.5, 0.6) is 0 Å². The van der Waals surface area contributed by atoms with Crippen molar-refractivity contribution < 1.29 is 14.3 Å². The average Bonchev–Trinajstić information content (AvgIpc) is 2.62. The molecule has 1 atom stereocenters. The second-order valence-corrected chi connectivity index (χ2v) is 6.87. The molecule has 1 N–H and O–H groups in total. The van der Waals surface area contributed by atoms with Crippen LogP contribution in [0.4, 0.5) is 10.2 Å². The smallest absolute Gasteiger partial charge is 0.226 e. The molecule has 26 heavy (non-hydrogen) atoms. The van der Waals surface area contributed by atoms with Gasteiger partial charge in [0.15, 0.2) is 0 Å². The molecule has 1 aliphatic heterocycles. The van der Waals surface area contributed by atoms with E-state index >= 15 is 0 Å². The highest BCUT2D eigenvalue weighted by atomic mass is 19.1. The molecule has 2 aromatic rings. The number of amides is 1. The third-order valence-corrected chi connectivity index (χ3v) is 4.63. The molecule has 1 aliphatic rings. The molecule has 1 amide bonds. The van der Waals surface area contributed by atoms with Crippen molar-refractivity contribution in [2.75, 3.05) is 31.6 Å². The number of likely N-dealkylation sites (N-methyl/N-ethyl adjacent to an activating group) is 1.